The van der Waals surface area contributed by atoms with E-state index in [4.69, 9.17) is 21.1 Å². The fourth-order valence-corrected chi connectivity index (χ4v) is 3.25. The minimum Gasteiger partial charge on any atom is -0.487 e. The molecule has 1 heterocycles. The second kappa shape index (κ2) is 5.81. The van der Waals surface area contributed by atoms with E-state index in [2.05, 4.69) is 4.98 Å². The van der Waals surface area contributed by atoms with Crippen molar-refractivity contribution < 1.29 is 8.95 Å². The Bertz CT molecular complexity index is 715. The topological polar surface area (TPSA) is 63.0 Å². The molecule has 1 N–H and O–H groups in total. The number of aromatic nitrogens is 1. The molecule has 0 radical (unpaired) electrons. The second-order valence-electron chi connectivity index (χ2n) is 4.48. The van der Waals surface area contributed by atoms with E-state index in [0.717, 1.165) is 5.56 Å². The van der Waals surface area contributed by atoms with Gasteiger partial charge in [-0.3, -0.25) is 0 Å². The highest BCUT2D eigenvalue weighted by Crippen LogP contribution is 2.29. The Balaban J connectivity index is 2.36. The third-order valence-corrected chi connectivity index (χ3v) is 4.17. The van der Waals surface area contributed by atoms with Crippen LogP contribution < -0.4 is 4.74 Å². The summed E-state index contributed by atoms with van der Waals surface area (Å²) in [6.45, 7) is 2.00. The smallest absolute Gasteiger partial charge is 0.141 e. The molecule has 1 unspecified atom stereocenters. The maximum atomic E-state index is 12.1. The monoisotopic (exact) mass is 310 g/mol. The summed E-state index contributed by atoms with van der Waals surface area (Å²) in [5, 5.41) is 0.262. The van der Waals surface area contributed by atoms with Crippen molar-refractivity contribution in [3.8, 4) is 5.75 Å². The van der Waals surface area contributed by atoms with Crippen LogP contribution in [0.2, 0.25) is 5.15 Å². The lowest BCUT2D eigenvalue weighted by Gasteiger charge is -2.14. The first-order chi connectivity index (χ1) is 9.38. The van der Waals surface area contributed by atoms with Crippen LogP contribution in [0.4, 0.5) is 0 Å². The number of hydrogen-bond acceptors (Lipinski definition) is 4. The maximum Gasteiger partial charge on any atom is 0.141 e. The van der Waals surface area contributed by atoms with Gasteiger partial charge >= 0.3 is 0 Å². The molecule has 1 aromatic carbocycles. The van der Waals surface area contributed by atoms with Crippen LogP contribution in [0.25, 0.3) is 0 Å². The molecule has 4 nitrogen and oxygen atoms in total. The zero-order valence-corrected chi connectivity index (χ0v) is 12.8. The molecule has 1 aromatic heterocycles. The molecule has 20 heavy (non-hydrogen) atoms. The number of nitrogens with zero attached hydrogens (tertiary/aromatic N) is 1. The number of halogens is 1. The molecule has 0 aliphatic heterocycles. The van der Waals surface area contributed by atoms with Gasteiger partial charge in [-0.2, -0.15) is 0 Å². The van der Waals surface area contributed by atoms with E-state index >= 15 is 0 Å². The van der Waals surface area contributed by atoms with Crippen molar-refractivity contribution in [2.24, 2.45) is 0 Å². The summed E-state index contributed by atoms with van der Waals surface area (Å²) in [6.07, 6.45) is 1.35. The summed E-state index contributed by atoms with van der Waals surface area (Å²) in [7, 11) is -2.93. The Morgan fingerprint density at radius 3 is 2.60 bits per heavy atom. The van der Waals surface area contributed by atoms with E-state index in [0.29, 0.717) is 22.9 Å². The summed E-state index contributed by atoms with van der Waals surface area (Å²) in [6, 6.07) is 11.1. The molecule has 2 rings (SSSR count). The Morgan fingerprint density at radius 2 is 2.00 bits per heavy atom. The maximum absolute atomic E-state index is 12.1. The van der Waals surface area contributed by atoms with Gasteiger partial charge in [-0.15, -0.1) is 0 Å². The van der Waals surface area contributed by atoms with E-state index < -0.39 is 9.73 Å². The highest BCUT2D eigenvalue weighted by atomic mass is 35.5. The van der Waals surface area contributed by atoms with E-state index in [1.165, 1.54) is 12.3 Å². The van der Waals surface area contributed by atoms with Crippen molar-refractivity contribution in [1.82, 2.24) is 4.98 Å². The lowest BCUT2D eigenvalue weighted by molar-refractivity contribution is 0.297. The van der Waals surface area contributed by atoms with Gasteiger partial charge in [-0.05, 0) is 12.5 Å². The number of pyridine rings is 1. The Morgan fingerprint density at radius 1 is 1.35 bits per heavy atom. The summed E-state index contributed by atoms with van der Waals surface area (Å²) in [5.41, 5.74) is 1.44. The molecule has 106 valence electrons. The van der Waals surface area contributed by atoms with Gasteiger partial charge in [0, 0.05) is 12.3 Å². The van der Waals surface area contributed by atoms with Crippen LogP contribution >= 0.6 is 11.6 Å². The predicted molar refractivity (Wildman–Crippen MR) is 79.8 cm³/mol. The third-order valence-electron chi connectivity index (χ3n) is 2.70. The van der Waals surface area contributed by atoms with Gasteiger partial charge in [0.15, 0.2) is 0 Å². The highest BCUT2D eigenvalue weighted by Gasteiger charge is 2.17. The van der Waals surface area contributed by atoms with E-state index in [-0.39, 0.29) is 5.15 Å². The summed E-state index contributed by atoms with van der Waals surface area (Å²) in [5.74, 6) is 0.355. The van der Waals surface area contributed by atoms with E-state index in [9.17, 15) is 4.21 Å². The number of ether oxygens (including phenoxy) is 1. The van der Waals surface area contributed by atoms with Gasteiger partial charge in [-0.25, -0.2) is 14.0 Å². The van der Waals surface area contributed by atoms with Gasteiger partial charge in [0.05, 0.1) is 15.4 Å². The van der Waals surface area contributed by atoms with Crippen LogP contribution in [0.15, 0.2) is 41.3 Å². The highest BCUT2D eigenvalue weighted by molar-refractivity contribution is 7.91. The van der Waals surface area contributed by atoms with E-state index in [1.54, 1.807) is 6.92 Å². The normalized spacial score (nSPS) is 13.8. The summed E-state index contributed by atoms with van der Waals surface area (Å²) < 4.78 is 25.5. The number of rotatable bonds is 4. The molecule has 0 amide bonds. The summed E-state index contributed by atoms with van der Waals surface area (Å²) in [4.78, 5) is 4.35. The first-order valence-electron chi connectivity index (χ1n) is 5.95. The molecular formula is C14H15ClN2O2S. The van der Waals surface area contributed by atoms with Gasteiger partial charge in [-0.1, -0.05) is 41.9 Å². The average Bonchev–Trinajstić information content (AvgIpc) is 2.35. The number of hydrogen-bond donors (Lipinski definition) is 1. The molecule has 1 atom stereocenters. The van der Waals surface area contributed by atoms with E-state index in [1.807, 2.05) is 30.3 Å². The van der Waals surface area contributed by atoms with Gasteiger partial charge in [0.1, 0.15) is 22.4 Å². The standard InChI is InChI=1S/C14H15ClN2O2S/c1-10-14(20(2,16)18)12(8-13(15)17-10)19-9-11-6-4-3-5-7-11/h3-8,16H,9H2,1-2H3. The van der Waals surface area contributed by atoms with Gasteiger partial charge < -0.3 is 4.74 Å². The Kier molecular flexibility index (Phi) is 4.30. The van der Waals surface area contributed by atoms with Crippen LogP contribution in [0.5, 0.6) is 5.75 Å². The summed E-state index contributed by atoms with van der Waals surface area (Å²) >= 11 is 5.91. The molecule has 0 fully saturated rings. The zero-order chi connectivity index (χ0) is 14.8. The zero-order valence-electron chi connectivity index (χ0n) is 11.2. The number of aryl methyl sites for hydroxylation is 1. The first kappa shape index (κ1) is 14.8. The van der Waals surface area contributed by atoms with Crippen LogP contribution in [-0.4, -0.2) is 15.4 Å². The van der Waals surface area contributed by atoms with Crippen LogP contribution in [0, 0.1) is 11.7 Å². The molecule has 2 aromatic rings. The van der Waals surface area contributed by atoms with Crippen LogP contribution in [0.3, 0.4) is 0 Å². The molecule has 0 bridgehead atoms. The van der Waals surface area contributed by atoms with Crippen LogP contribution in [-0.2, 0) is 16.3 Å². The van der Waals surface area contributed by atoms with Crippen molar-refractivity contribution in [1.29, 1.82) is 4.78 Å². The van der Waals surface area contributed by atoms with Crippen molar-refractivity contribution in [2.75, 3.05) is 6.26 Å². The molecule has 0 spiro atoms. The number of nitrogens with one attached hydrogen (secondary N) is 1. The van der Waals surface area contributed by atoms with Crippen molar-refractivity contribution in [3.05, 3.63) is 52.8 Å². The third kappa shape index (κ3) is 3.49. The quantitative estimate of drug-likeness (QED) is 0.877. The number of benzene rings is 1. The van der Waals surface area contributed by atoms with Gasteiger partial charge in [0.2, 0.25) is 0 Å². The molecule has 0 aliphatic rings. The minimum atomic E-state index is -2.93. The molecular weight excluding hydrogens is 296 g/mol. The lowest BCUT2D eigenvalue weighted by Crippen LogP contribution is -2.06. The average molecular weight is 311 g/mol. The predicted octanol–water partition coefficient (Wildman–Crippen LogP) is 3.66. The largest absolute Gasteiger partial charge is 0.487 e. The molecule has 0 saturated heterocycles. The lowest BCUT2D eigenvalue weighted by atomic mass is 10.2. The fraction of sp³-hybridized carbons (Fsp3) is 0.214. The molecule has 0 saturated carbocycles. The van der Waals surface area contributed by atoms with Crippen molar-refractivity contribution in [3.63, 3.8) is 0 Å². The second-order valence-corrected chi connectivity index (χ2v) is 6.96. The van der Waals surface area contributed by atoms with Gasteiger partial charge in [0.25, 0.3) is 0 Å². The fourth-order valence-electron chi connectivity index (χ4n) is 1.91. The Labute approximate surface area is 123 Å². The minimum absolute atomic E-state index is 0.262. The SMILES string of the molecule is Cc1nc(Cl)cc(OCc2ccccc2)c1S(C)(=N)=O. The van der Waals surface area contributed by atoms with Crippen LogP contribution in [0.1, 0.15) is 11.3 Å². The van der Waals surface area contributed by atoms with Crippen molar-refractivity contribution >= 4 is 21.3 Å². The molecule has 0 aliphatic carbocycles. The van der Waals surface area contributed by atoms with Crippen molar-refractivity contribution in [2.45, 2.75) is 18.4 Å². The first-order valence-corrected chi connectivity index (χ1v) is 8.30. The Hall–Kier alpha value is -1.59. The molecule has 6 heteroatoms.